The second-order valence-electron chi connectivity index (χ2n) is 17.1. The lowest BCUT2D eigenvalue weighted by Gasteiger charge is -2.53. The topological polar surface area (TPSA) is 143 Å². The summed E-state index contributed by atoms with van der Waals surface area (Å²) < 4.78 is 6.26. The fraction of sp³-hybridized carbons (Fsp3) is 0.388. The molecule has 0 aliphatic carbocycles. The Morgan fingerprint density at radius 2 is 1.36 bits per heavy atom. The first-order valence-corrected chi connectivity index (χ1v) is 21.8. The number of likely N-dealkylation sites (tertiary alicyclic amines) is 1. The van der Waals surface area contributed by atoms with E-state index >= 15 is 0 Å². The molecule has 3 unspecified atom stereocenters. The highest BCUT2D eigenvalue weighted by atomic mass is 16.5. The molecule has 3 N–H and O–H groups in total. The molecule has 5 fully saturated rings. The third-order valence-electron chi connectivity index (χ3n) is 13.4. The summed E-state index contributed by atoms with van der Waals surface area (Å²) in [4.78, 5) is 59.6. The quantitative estimate of drug-likeness (QED) is 0.110. The van der Waals surface area contributed by atoms with Gasteiger partial charge in [-0.15, -0.1) is 0 Å². The van der Waals surface area contributed by atoms with Gasteiger partial charge in [0.1, 0.15) is 29.9 Å². The SMILES string of the molecule is CCC(=C(c1ccc(O)cc1)c1ccc(OCCN2CCC(CN3CC4CCC3CN4c3ccc4c(c3)C(=O)N(C3CCC(=O)NC3=O)C4=O)CC2)cc1)c1ccc(O)cc1. The first kappa shape index (κ1) is 40.4. The number of imide groups is 2. The molecule has 10 rings (SSSR count). The van der Waals surface area contributed by atoms with Crippen molar-refractivity contribution >= 4 is 40.5 Å². The van der Waals surface area contributed by atoms with E-state index in [2.05, 4.69) is 39.1 Å². The third-order valence-corrected chi connectivity index (χ3v) is 13.4. The van der Waals surface area contributed by atoms with Crippen molar-refractivity contribution in [1.29, 1.82) is 0 Å². The Balaban J connectivity index is 0.758. The number of ether oxygens (including phenoxy) is 1. The van der Waals surface area contributed by atoms with Gasteiger partial charge in [-0.05, 0) is 140 Å². The van der Waals surface area contributed by atoms with Crippen molar-refractivity contribution in [1.82, 2.24) is 20.0 Å². The Kier molecular flexibility index (Phi) is 11.4. The summed E-state index contributed by atoms with van der Waals surface area (Å²) >= 11 is 0. The molecule has 6 heterocycles. The summed E-state index contributed by atoms with van der Waals surface area (Å²) in [6.07, 6.45) is 5.58. The van der Waals surface area contributed by atoms with Crippen molar-refractivity contribution in [3.05, 3.63) is 119 Å². The van der Waals surface area contributed by atoms with Crippen LogP contribution in [-0.4, -0.2) is 113 Å². The summed E-state index contributed by atoms with van der Waals surface area (Å²) in [5.74, 6) is 0.0133. The van der Waals surface area contributed by atoms with E-state index in [4.69, 9.17) is 4.74 Å². The van der Waals surface area contributed by atoms with Crippen molar-refractivity contribution in [2.24, 2.45) is 5.92 Å². The highest BCUT2D eigenvalue weighted by Crippen LogP contribution is 2.38. The second-order valence-corrected chi connectivity index (χ2v) is 17.1. The number of piperidine rings is 4. The van der Waals surface area contributed by atoms with E-state index < -0.39 is 23.8 Å². The van der Waals surface area contributed by atoms with Crippen molar-refractivity contribution in [3.63, 3.8) is 0 Å². The van der Waals surface area contributed by atoms with Crippen LogP contribution in [0, 0.1) is 5.92 Å². The number of carbonyl (C=O) groups excluding carboxylic acids is 4. The van der Waals surface area contributed by atoms with Crippen molar-refractivity contribution in [3.8, 4) is 17.2 Å². The average molecular weight is 824 g/mol. The number of piperazine rings is 1. The van der Waals surface area contributed by atoms with E-state index in [1.165, 1.54) is 0 Å². The number of amides is 4. The van der Waals surface area contributed by atoms with Crippen LogP contribution in [0.5, 0.6) is 17.2 Å². The maximum Gasteiger partial charge on any atom is 0.262 e. The highest BCUT2D eigenvalue weighted by Gasteiger charge is 2.46. The van der Waals surface area contributed by atoms with Gasteiger partial charge >= 0.3 is 0 Å². The van der Waals surface area contributed by atoms with Gasteiger partial charge in [0.05, 0.1) is 11.1 Å². The van der Waals surface area contributed by atoms with Crippen LogP contribution in [0.1, 0.15) is 89.3 Å². The summed E-state index contributed by atoms with van der Waals surface area (Å²) in [7, 11) is 0. The van der Waals surface area contributed by atoms with Crippen LogP contribution in [-0.2, 0) is 9.59 Å². The number of phenols is 2. The smallest absolute Gasteiger partial charge is 0.262 e. The number of nitrogens with one attached hydrogen (secondary N) is 1. The average Bonchev–Trinajstić information content (AvgIpc) is 3.52. The Morgan fingerprint density at radius 3 is 2.00 bits per heavy atom. The van der Waals surface area contributed by atoms with E-state index in [-0.39, 0.29) is 30.2 Å². The molecular weight excluding hydrogens is 771 g/mol. The molecule has 4 aromatic carbocycles. The van der Waals surface area contributed by atoms with Crippen LogP contribution < -0.4 is 15.0 Å². The Hall–Kier alpha value is -5.98. The molecule has 3 atom stereocenters. The number of carbonyl (C=O) groups is 4. The van der Waals surface area contributed by atoms with Crippen LogP contribution >= 0.6 is 0 Å². The number of anilines is 1. The molecule has 0 spiro atoms. The summed E-state index contributed by atoms with van der Waals surface area (Å²) in [5, 5.41) is 22.2. The minimum Gasteiger partial charge on any atom is -0.508 e. The van der Waals surface area contributed by atoms with E-state index in [1.807, 2.05) is 48.5 Å². The minimum absolute atomic E-state index is 0.100. The number of benzene rings is 4. The number of phenolic OH excluding ortho intramolecular Hbond substituents is 2. The van der Waals surface area contributed by atoms with Gasteiger partial charge in [-0.2, -0.15) is 0 Å². The Labute approximate surface area is 356 Å². The normalized spacial score (nSPS) is 22.7. The lowest BCUT2D eigenvalue weighted by atomic mass is 9.87. The molecule has 61 heavy (non-hydrogen) atoms. The highest BCUT2D eigenvalue weighted by molar-refractivity contribution is 6.23. The molecule has 4 aromatic rings. The summed E-state index contributed by atoms with van der Waals surface area (Å²) in [5.41, 5.74) is 6.92. The summed E-state index contributed by atoms with van der Waals surface area (Å²) in [6, 6.07) is 28.1. The van der Waals surface area contributed by atoms with Crippen LogP contribution in [0.2, 0.25) is 0 Å². The van der Waals surface area contributed by atoms with Gasteiger partial charge < -0.3 is 19.8 Å². The van der Waals surface area contributed by atoms with Gasteiger partial charge in [0.15, 0.2) is 0 Å². The van der Waals surface area contributed by atoms with Gasteiger partial charge in [-0.1, -0.05) is 43.3 Å². The molecule has 0 radical (unpaired) electrons. The second kappa shape index (κ2) is 17.2. The molecule has 6 aliphatic rings. The molecule has 0 aromatic heterocycles. The van der Waals surface area contributed by atoms with Crippen molar-refractivity contribution < 1.29 is 34.1 Å². The van der Waals surface area contributed by atoms with Crippen LogP contribution in [0.4, 0.5) is 5.69 Å². The lowest BCUT2D eigenvalue weighted by molar-refractivity contribution is -0.136. The monoisotopic (exact) mass is 823 g/mol. The van der Waals surface area contributed by atoms with E-state index in [0.717, 1.165) is 116 Å². The van der Waals surface area contributed by atoms with E-state index in [9.17, 15) is 29.4 Å². The molecule has 12 nitrogen and oxygen atoms in total. The molecule has 316 valence electrons. The first-order chi connectivity index (χ1) is 29.6. The number of rotatable bonds is 12. The van der Waals surface area contributed by atoms with Gasteiger partial charge in [0.2, 0.25) is 11.8 Å². The van der Waals surface area contributed by atoms with Gasteiger partial charge in [0, 0.05) is 50.4 Å². The Morgan fingerprint density at radius 1 is 0.721 bits per heavy atom. The largest absolute Gasteiger partial charge is 0.508 e. The van der Waals surface area contributed by atoms with Gasteiger partial charge in [-0.3, -0.25) is 39.2 Å². The molecule has 2 bridgehead atoms. The number of aromatic hydroxyl groups is 2. The maximum absolute atomic E-state index is 13.5. The van der Waals surface area contributed by atoms with Crippen molar-refractivity contribution in [2.45, 2.75) is 70.0 Å². The predicted molar refractivity (Wildman–Crippen MR) is 232 cm³/mol. The molecule has 5 saturated heterocycles. The fourth-order valence-electron chi connectivity index (χ4n) is 10.2. The number of nitrogens with zero attached hydrogens (tertiary/aromatic N) is 4. The lowest BCUT2D eigenvalue weighted by Crippen LogP contribution is -2.63. The zero-order valence-electron chi connectivity index (χ0n) is 34.6. The van der Waals surface area contributed by atoms with Crippen LogP contribution in [0.3, 0.4) is 0 Å². The Bertz CT molecular complexity index is 2340. The molecular formula is C49H53N5O7. The number of fused-ring (bicyclic) bond motifs is 4. The first-order valence-electron chi connectivity index (χ1n) is 21.8. The third kappa shape index (κ3) is 8.26. The zero-order valence-corrected chi connectivity index (χ0v) is 34.6. The van der Waals surface area contributed by atoms with Gasteiger partial charge in [0.25, 0.3) is 11.8 Å². The standard InChI is InChI=1S/C49H53N5O7/c1-2-41(32-3-12-38(55)13-4-32)46(33-5-14-39(56)15-6-33)34-7-16-40(17-8-34)61-26-25-51-23-21-31(22-24-51)28-52-29-37-10-9-36(52)30-53(37)35-11-18-42-43(27-35)49(60)54(48(42)59)44-19-20-45(57)50-47(44)58/h3-8,11-18,27,31,36-37,44,55-56H,2,9-10,19-26,28-30H2,1H3,(H,50,57,58). The number of hydrogen-bond acceptors (Lipinski definition) is 10. The molecule has 6 aliphatic heterocycles. The fourth-order valence-corrected chi connectivity index (χ4v) is 10.2. The predicted octanol–water partition coefficient (Wildman–Crippen LogP) is 6.31. The van der Waals surface area contributed by atoms with E-state index in [0.29, 0.717) is 35.7 Å². The number of hydrogen-bond donors (Lipinski definition) is 3. The minimum atomic E-state index is -0.965. The van der Waals surface area contributed by atoms with E-state index in [1.54, 1.807) is 30.3 Å². The zero-order chi connectivity index (χ0) is 42.2. The van der Waals surface area contributed by atoms with Crippen molar-refractivity contribution in [2.75, 3.05) is 50.8 Å². The molecule has 12 heteroatoms. The molecule has 0 saturated carbocycles. The molecule has 4 amide bonds. The maximum atomic E-state index is 13.5. The van der Waals surface area contributed by atoms with Gasteiger partial charge in [-0.25, -0.2) is 0 Å². The van der Waals surface area contributed by atoms with Crippen LogP contribution in [0.15, 0.2) is 91.0 Å². The number of allylic oxidation sites excluding steroid dienone is 1. The summed E-state index contributed by atoms with van der Waals surface area (Å²) in [6.45, 7) is 8.67. The van der Waals surface area contributed by atoms with Crippen LogP contribution in [0.25, 0.3) is 11.1 Å².